The molecule has 0 atom stereocenters. The molecule has 0 radical (unpaired) electrons. The average molecular weight is 410 g/mol. The summed E-state index contributed by atoms with van der Waals surface area (Å²) < 4.78 is 10.7. The molecule has 1 saturated heterocycles. The molecule has 0 unspecified atom stereocenters. The minimum Gasteiger partial charge on any atom is -0.495 e. The number of carbonyl (C=O) groups excluding carboxylic acids is 2. The van der Waals surface area contributed by atoms with Crippen molar-refractivity contribution < 1.29 is 14.3 Å². The number of nitrogens with zero attached hydrogens (tertiary/aromatic N) is 3. The summed E-state index contributed by atoms with van der Waals surface area (Å²) >= 11 is 1.33. The van der Waals surface area contributed by atoms with E-state index in [1.807, 2.05) is 49.4 Å². The number of rotatable bonds is 3. The first-order valence-corrected chi connectivity index (χ1v) is 10.2. The molecule has 7 nitrogen and oxygen atoms in total. The Morgan fingerprint density at radius 3 is 2.55 bits per heavy atom. The second-order valence-corrected chi connectivity index (χ2v) is 7.75. The number of nitrogens with one attached hydrogen (secondary N) is 1. The van der Waals surface area contributed by atoms with Gasteiger partial charge in [-0.25, -0.2) is 4.79 Å². The predicted octanol–water partition coefficient (Wildman–Crippen LogP) is 3.60. The fourth-order valence-corrected chi connectivity index (χ4v) is 4.18. The van der Waals surface area contributed by atoms with Crippen LogP contribution in [0.4, 0.5) is 10.5 Å². The maximum absolute atomic E-state index is 12.9. The summed E-state index contributed by atoms with van der Waals surface area (Å²) in [5.41, 5.74) is 2.17. The second-order valence-electron chi connectivity index (χ2n) is 6.94. The molecular formula is C21H22N4O3S. The Morgan fingerprint density at radius 1 is 1.07 bits per heavy atom. The summed E-state index contributed by atoms with van der Waals surface area (Å²) in [6.07, 6.45) is 0. The Labute approximate surface area is 173 Å². The SMILES string of the molecule is COc1ccc(C)cc1NC(=O)N1CCN(C(=O)c2nsc3ccccc23)CC1. The van der Waals surface area contributed by atoms with Crippen molar-refractivity contribution in [1.29, 1.82) is 0 Å². The number of methoxy groups -OCH3 is 1. The van der Waals surface area contributed by atoms with Crippen LogP contribution < -0.4 is 10.1 Å². The lowest BCUT2D eigenvalue weighted by atomic mass is 10.2. The molecule has 2 heterocycles. The number of carbonyl (C=O) groups is 2. The Morgan fingerprint density at radius 2 is 1.79 bits per heavy atom. The molecule has 0 saturated carbocycles. The summed E-state index contributed by atoms with van der Waals surface area (Å²) in [5, 5.41) is 3.80. The van der Waals surface area contributed by atoms with Crippen molar-refractivity contribution >= 4 is 39.2 Å². The highest BCUT2D eigenvalue weighted by Gasteiger charge is 2.27. The van der Waals surface area contributed by atoms with E-state index in [1.54, 1.807) is 16.9 Å². The lowest BCUT2D eigenvalue weighted by Gasteiger charge is -2.34. The summed E-state index contributed by atoms with van der Waals surface area (Å²) in [7, 11) is 1.58. The molecule has 2 aromatic carbocycles. The van der Waals surface area contributed by atoms with Crippen LogP contribution in [0.25, 0.3) is 10.1 Å². The molecule has 29 heavy (non-hydrogen) atoms. The highest BCUT2D eigenvalue weighted by Crippen LogP contribution is 2.26. The van der Waals surface area contributed by atoms with Gasteiger partial charge in [0.2, 0.25) is 0 Å². The van der Waals surface area contributed by atoms with Gasteiger partial charge in [-0.15, -0.1) is 0 Å². The van der Waals surface area contributed by atoms with E-state index in [2.05, 4.69) is 9.69 Å². The van der Waals surface area contributed by atoms with E-state index in [4.69, 9.17) is 4.74 Å². The van der Waals surface area contributed by atoms with Crippen molar-refractivity contribution in [1.82, 2.24) is 14.2 Å². The minimum absolute atomic E-state index is 0.0807. The van der Waals surface area contributed by atoms with Gasteiger partial charge >= 0.3 is 6.03 Å². The van der Waals surface area contributed by atoms with E-state index in [9.17, 15) is 9.59 Å². The molecule has 1 aromatic heterocycles. The number of hydrogen-bond acceptors (Lipinski definition) is 5. The van der Waals surface area contributed by atoms with Crippen LogP contribution in [0.3, 0.4) is 0 Å². The van der Waals surface area contributed by atoms with Gasteiger partial charge in [-0.05, 0) is 42.2 Å². The molecule has 0 bridgehead atoms. The van der Waals surface area contributed by atoms with Gasteiger partial charge in [0.25, 0.3) is 5.91 Å². The van der Waals surface area contributed by atoms with Crippen LogP contribution in [0.15, 0.2) is 42.5 Å². The zero-order valence-corrected chi connectivity index (χ0v) is 17.2. The maximum atomic E-state index is 12.9. The average Bonchev–Trinajstić information content (AvgIpc) is 3.17. The lowest BCUT2D eigenvalue weighted by Crippen LogP contribution is -2.51. The first-order chi connectivity index (χ1) is 14.1. The van der Waals surface area contributed by atoms with Crippen LogP contribution in [0, 0.1) is 6.92 Å². The highest BCUT2D eigenvalue weighted by atomic mass is 32.1. The molecule has 4 rings (SSSR count). The van der Waals surface area contributed by atoms with Crippen LogP contribution in [0.5, 0.6) is 5.75 Å². The highest BCUT2D eigenvalue weighted by molar-refractivity contribution is 7.13. The van der Waals surface area contributed by atoms with Crippen LogP contribution in [-0.4, -0.2) is 59.4 Å². The van der Waals surface area contributed by atoms with E-state index in [0.717, 1.165) is 15.6 Å². The van der Waals surface area contributed by atoms with Gasteiger partial charge in [0.05, 0.1) is 17.5 Å². The number of urea groups is 1. The first-order valence-electron chi connectivity index (χ1n) is 9.41. The molecule has 1 aliphatic heterocycles. The number of ether oxygens (including phenoxy) is 1. The number of benzene rings is 2. The van der Waals surface area contributed by atoms with Crippen molar-refractivity contribution in [3.63, 3.8) is 0 Å². The maximum Gasteiger partial charge on any atom is 0.322 e. The van der Waals surface area contributed by atoms with Crippen molar-refractivity contribution in [2.75, 3.05) is 38.6 Å². The minimum atomic E-state index is -0.194. The summed E-state index contributed by atoms with van der Waals surface area (Å²) in [4.78, 5) is 29.0. The topological polar surface area (TPSA) is 74.8 Å². The van der Waals surface area contributed by atoms with Gasteiger partial charge < -0.3 is 19.9 Å². The van der Waals surface area contributed by atoms with Gasteiger partial charge in [0.1, 0.15) is 11.4 Å². The monoisotopic (exact) mass is 410 g/mol. The molecule has 8 heteroatoms. The van der Waals surface area contributed by atoms with E-state index >= 15 is 0 Å². The van der Waals surface area contributed by atoms with Gasteiger partial charge in [-0.3, -0.25) is 4.79 Å². The Balaban J connectivity index is 1.40. The largest absolute Gasteiger partial charge is 0.495 e. The van der Waals surface area contributed by atoms with Crippen LogP contribution >= 0.6 is 11.5 Å². The quantitative estimate of drug-likeness (QED) is 0.716. The molecule has 150 valence electrons. The van der Waals surface area contributed by atoms with E-state index in [-0.39, 0.29) is 11.9 Å². The number of anilines is 1. The van der Waals surface area contributed by atoms with Crippen molar-refractivity contribution in [3.05, 3.63) is 53.7 Å². The van der Waals surface area contributed by atoms with Gasteiger partial charge in [-0.2, -0.15) is 4.37 Å². The smallest absolute Gasteiger partial charge is 0.322 e. The first kappa shape index (κ1) is 19.2. The molecule has 1 fully saturated rings. The number of hydrogen-bond donors (Lipinski definition) is 1. The fourth-order valence-electron chi connectivity index (χ4n) is 3.42. The molecule has 0 aliphatic carbocycles. The van der Waals surface area contributed by atoms with Gasteiger partial charge in [0.15, 0.2) is 0 Å². The Bertz CT molecular complexity index is 1060. The number of aryl methyl sites for hydroxylation is 1. The Hall–Kier alpha value is -3.13. The Kier molecular flexibility index (Phi) is 5.35. The van der Waals surface area contributed by atoms with Crippen LogP contribution in [0.2, 0.25) is 0 Å². The van der Waals surface area contributed by atoms with E-state index < -0.39 is 0 Å². The van der Waals surface area contributed by atoms with Gasteiger partial charge in [0, 0.05) is 31.6 Å². The van der Waals surface area contributed by atoms with Gasteiger partial charge in [-0.1, -0.05) is 24.3 Å². The molecular weight excluding hydrogens is 388 g/mol. The summed E-state index contributed by atoms with van der Waals surface area (Å²) in [6.45, 7) is 3.84. The zero-order chi connectivity index (χ0) is 20.4. The molecule has 0 spiro atoms. The summed E-state index contributed by atoms with van der Waals surface area (Å²) in [6, 6.07) is 13.2. The van der Waals surface area contributed by atoms with E-state index in [1.165, 1.54) is 11.5 Å². The van der Waals surface area contributed by atoms with Crippen LogP contribution in [0.1, 0.15) is 16.1 Å². The normalized spacial score (nSPS) is 14.1. The van der Waals surface area contributed by atoms with E-state index in [0.29, 0.717) is 43.3 Å². The number of aromatic nitrogens is 1. The third-order valence-corrected chi connectivity index (χ3v) is 5.86. The lowest BCUT2D eigenvalue weighted by molar-refractivity contribution is 0.0669. The molecule has 3 aromatic rings. The second kappa shape index (κ2) is 8.08. The van der Waals surface area contributed by atoms with Crippen molar-refractivity contribution in [2.45, 2.75) is 6.92 Å². The third kappa shape index (κ3) is 3.88. The number of piperazine rings is 1. The predicted molar refractivity (Wildman–Crippen MR) is 114 cm³/mol. The standard InChI is InChI=1S/C21H22N4O3S/c1-14-7-8-17(28-2)16(13-14)22-21(27)25-11-9-24(10-12-25)20(26)19-15-5-3-4-6-18(15)29-23-19/h3-8,13H,9-12H2,1-2H3,(H,22,27). The molecule has 3 amide bonds. The number of fused-ring (bicyclic) bond motifs is 1. The van der Waals surface area contributed by atoms with Crippen LogP contribution in [-0.2, 0) is 0 Å². The molecule has 1 N–H and O–H groups in total. The van der Waals surface area contributed by atoms with Crippen molar-refractivity contribution in [3.8, 4) is 5.75 Å². The summed E-state index contributed by atoms with van der Waals surface area (Å²) in [5.74, 6) is 0.538. The van der Waals surface area contributed by atoms with Crippen molar-refractivity contribution in [2.24, 2.45) is 0 Å². The number of amides is 3. The zero-order valence-electron chi connectivity index (χ0n) is 16.3. The fraction of sp³-hybridized carbons (Fsp3) is 0.286. The molecule has 1 aliphatic rings. The third-order valence-electron chi connectivity index (χ3n) is 5.03.